The van der Waals surface area contributed by atoms with Crippen molar-refractivity contribution in [3.8, 4) is 0 Å². The van der Waals surface area contributed by atoms with Crippen molar-refractivity contribution in [2.24, 2.45) is 0 Å². The summed E-state index contributed by atoms with van der Waals surface area (Å²) in [6.45, 7) is 1.04. The van der Waals surface area contributed by atoms with Gasteiger partial charge in [-0.3, -0.25) is 0 Å². The molecular weight excluding hydrogens is 431 g/mol. The van der Waals surface area contributed by atoms with Crippen LogP contribution in [0.25, 0.3) is 0 Å². The summed E-state index contributed by atoms with van der Waals surface area (Å²) < 4.78 is 24.6. The summed E-state index contributed by atoms with van der Waals surface area (Å²) in [7, 11) is 1.65. The van der Waals surface area contributed by atoms with Gasteiger partial charge in [-0.15, -0.1) is 0 Å². The zero-order valence-electron chi connectivity index (χ0n) is 14.2. The molecule has 1 fully saturated rings. The molecule has 1 aliphatic rings. The molecule has 0 unspecified atom stereocenters. The van der Waals surface area contributed by atoms with Crippen molar-refractivity contribution in [1.82, 2.24) is 0 Å². The van der Waals surface area contributed by atoms with Gasteiger partial charge in [0.05, 0.1) is 19.3 Å². The number of alkyl halides is 1. The van der Waals surface area contributed by atoms with Gasteiger partial charge in [-0.1, -0.05) is 83.3 Å². The van der Waals surface area contributed by atoms with E-state index in [-0.39, 0.29) is 18.3 Å². The largest absolute Gasteiger partial charge is 0.368 e. The molecule has 0 N–H and O–H groups in total. The molecule has 0 aromatic heterocycles. The maximum atomic E-state index is 6.19. The van der Waals surface area contributed by atoms with Gasteiger partial charge in [-0.05, 0) is 11.1 Å². The Morgan fingerprint density at radius 1 is 0.840 bits per heavy atom. The lowest BCUT2D eigenvalue weighted by Gasteiger charge is -2.24. The summed E-state index contributed by atoms with van der Waals surface area (Å²) in [5.74, 6) is 0. The second-order valence-corrected chi connectivity index (χ2v) is 6.84. The van der Waals surface area contributed by atoms with E-state index < -0.39 is 6.29 Å². The maximum absolute atomic E-state index is 6.19. The molecule has 134 valence electrons. The van der Waals surface area contributed by atoms with Gasteiger partial charge in [-0.2, -0.15) is 0 Å². The third-order valence-electron chi connectivity index (χ3n) is 4.22. The highest BCUT2D eigenvalue weighted by Crippen LogP contribution is 2.30. The van der Waals surface area contributed by atoms with Crippen molar-refractivity contribution in [2.45, 2.75) is 37.8 Å². The van der Waals surface area contributed by atoms with Gasteiger partial charge in [0.25, 0.3) is 0 Å². The van der Waals surface area contributed by atoms with Crippen molar-refractivity contribution >= 4 is 22.6 Å². The molecule has 4 atom stereocenters. The van der Waals surface area contributed by atoms with E-state index in [0.29, 0.717) is 13.2 Å². The van der Waals surface area contributed by atoms with Crippen molar-refractivity contribution in [3.63, 3.8) is 0 Å². The molecule has 1 heterocycles. The lowest BCUT2D eigenvalue weighted by atomic mass is 10.1. The predicted octanol–water partition coefficient (Wildman–Crippen LogP) is 3.96. The van der Waals surface area contributed by atoms with Crippen molar-refractivity contribution in [1.29, 1.82) is 0 Å². The van der Waals surface area contributed by atoms with Crippen LogP contribution in [0.3, 0.4) is 0 Å². The predicted molar refractivity (Wildman–Crippen MR) is 105 cm³/mol. The number of methoxy groups -OCH3 is 1. The lowest BCUT2D eigenvalue weighted by molar-refractivity contribution is -0.165. The average Bonchev–Trinajstić information content (AvgIpc) is 3.03. The minimum Gasteiger partial charge on any atom is -0.368 e. The maximum Gasteiger partial charge on any atom is 0.186 e. The van der Waals surface area contributed by atoms with Gasteiger partial charge in [-0.25, -0.2) is 0 Å². The lowest BCUT2D eigenvalue weighted by Crippen LogP contribution is -2.38. The van der Waals surface area contributed by atoms with Crippen molar-refractivity contribution in [2.75, 3.05) is 11.5 Å². The van der Waals surface area contributed by atoms with Gasteiger partial charge in [0.15, 0.2) is 6.29 Å². The number of halogens is 1. The first-order valence-electron chi connectivity index (χ1n) is 8.37. The molecule has 0 spiro atoms. The van der Waals surface area contributed by atoms with Crippen LogP contribution >= 0.6 is 22.6 Å². The monoisotopic (exact) mass is 454 g/mol. The van der Waals surface area contributed by atoms with Gasteiger partial charge in [0.1, 0.15) is 12.2 Å². The molecule has 4 nitrogen and oxygen atoms in total. The Kier molecular flexibility index (Phi) is 7.24. The van der Waals surface area contributed by atoms with Crippen LogP contribution in [0.2, 0.25) is 0 Å². The van der Waals surface area contributed by atoms with Crippen molar-refractivity contribution in [3.05, 3.63) is 71.8 Å². The average molecular weight is 454 g/mol. The molecule has 2 aromatic carbocycles. The zero-order valence-corrected chi connectivity index (χ0v) is 16.4. The molecule has 25 heavy (non-hydrogen) atoms. The first-order valence-corrected chi connectivity index (χ1v) is 9.89. The van der Waals surface area contributed by atoms with Crippen LogP contribution in [0.4, 0.5) is 0 Å². The highest BCUT2D eigenvalue weighted by atomic mass is 127. The van der Waals surface area contributed by atoms with E-state index in [4.69, 9.17) is 18.9 Å². The van der Waals surface area contributed by atoms with Gasteiger partial charge >= 0.3 is 0 Å². The van der Waals surface area contributed by atoms with E-state index in [1.807, 2.05) is 48.5 Å². The van der Waals surface area contributed by atoms with Gasteiger partial charge in [0, 0.05) is 11.5 Å². The highest BCUT2D eigenvalue weighted by Gasteiger charge is 2.46. The topological polar surface area (TPSA) is 36.9 Å². The smallest absolute Gasteiger partial charge is 0.186 e. The Morgan fingerprint density at radius 2 is 1.36 bits per heavy atom. The van der Waals surface area contributed by atoms with Crippen LogP contribution in [0.15, 0.2) is 60.7 Å². The molecule has 2 aromatic rings. The molecule has 0 amide bonds. The zero-order chi connectivity index (χ0) is 17.5. The fourth-order valence-electron chi connectivity index (χ4n) is 2.92. The molecule has 3 rings (SSSR count). The van der Waals surface area contributed by atoms with Crippen molar-refractivity contribution < 1.29 is 18.9 Å². The molecular formula is C20H23IO4. The first-order chi connectivity index (χ1) is 12.3. The quantitative estimate of drug-likeness (QED) is 0.447. The normalized spacial score (nSPS) is 26.0. The first kappa shape index (κ1) is 18.8. The third kappa shape index (κ3) is 5.01. The van der Waals surface area contributed by atoms with E-state index in [1.165, 1.54) is 0 Å². The fourth-order valence-corrected chi connectivity index (χ4v) is 3.63. The van der Waals surface area contributed by atoms with E-state index in [9.17, 15) is 0 Å². The summed E-state index contributed by atoms with van der Waals surface area (Å²) in [4.78, 5) is 0. The third-order valence-corrected chi connectivity index (χ3v) is 5.09. The second-order valence-electron chi connectivity index (χ2n) is 5.96. The summed E-state index contributed by atoms with van der Waals surface area (Å²) >= 11 is 2.32. The fraction of sp³-hybridized carbons (Fsp3) is 0.400. The number of hydrogen-bond acceptors (Lipinski definition) is 4. The Labute approximate surface area is 162 Å². The molecule has 0 saturated carbocycles. The number of rotatable bonds is 8. The Morgan fingerprint density at radius 3 is 1.84 bits per heavy atom. The van der Waals surface area contributed by atoms with Crippen LogP contribution in [0.1, 0.15) is 11.1 Å². The molecule has 0 bridgehead atoms. The molecule has 1 saturated heterocycles. The number of ether oxygens (including phenoxy) is 4. The number of hydrogen-bond donors (Lipinski definition) is 0. The molecule has 0 aliphatic carbocycles. The van der Waals surface area contributed by atoms with Gasteiger partial charge < -0.3 is 18.9 Å². The Bertz CT molecular complexity index is 567. The van der Waals surface area contributed by atoms with E-state index in [0.717, 1.165) is 15.6 Å². The van der Waals surface area contributed by atoms with Crippen LogP contribution in [-0.4, -0.2) is 36.1 Å². The van der Waals surface area contributed by atoms with Gasteiger partial charge in [0.2, 0.25) is 0 Å². The van der Waals surface area contributed by atoms with E-state index >= 15 is 0 Å². The van der Waals surface area contributed by atoms with Crippen LogP contribution in [-0.2, 0) is 32.2 Å². The minimum absolute atomic E-state index is 0.0463. The highest BCUT2D eigenvalue weighted by molar-refractivity contribution is 14.1. The second kappa shape index (κ2) is 9.64. The Hall–Kier alpha value is -0.990. The van der Waals surface area contributed by atoms with Crippen LogP contribution in [0, 0.1) is 0 Å². The Balaban J connectivity index is 1.66. The number of benzene rings is 2. The summed E-state index contributed by atoms with van der Waals surface area (Å²) in [5, 5.41) is 0. The van der Waals surface area contributed by atoms with E-state index in [1.54, 1.807) is 7.11 Å². The standard InChI is InChI=1S/C20H23IO4/c1-22-20-19(24-14-16-10-6-3-7-11-16)18(17(12-21)25-20)23-13-15-8-4-2-5-9-15/h2-11,17-20H,12-14H2,1H3/t17-,18-,19+,20+/m1/s1. The summed E-state index contributed by atoms with van der Waals surface area (Å²) in [5.41, 5.74) is 2.26. The van der Waals surface area contributed by atoms with Crippen LogP contribution < -0.4 is 0 Å². The molecule has 0 radical (unpaired) electrons. The minimum atomic E-state index is -0.413. The summed E-state index contributed by atoms with van der Waals surface area (Å²) in [6, 6.07) is 20.3. The van der Waals surface area contributed by atoms with E-state index in [2.05, 4.69) is 34.7 Å². The SMILES string of the molecule is CO[C@H]1O[C@H](CI)[C@@H](OCc2ccccc2)[C@@H]1OCc1ccccc1. The summed E-state index contributed by atoms with van der Waals surface area (Å²) in [6.07, 6.45) is -0.876. The van der Waals surface area contributed by atoms with Crippen LogP contribution in [0.5, 0.6) is 0 Å². The molecule has 5 heteroatoms. The molecule has 1 aliphatic heterocycles.